The van der Waals surface area contributed by atoms with Crippen LogP contribution in [-0.4, -0.2) is 16.8 Å². The summed E-state index contributed by atoms with van der Waals surface area (Å²) in [6, 6.07) is 6.12. The first-order valence-electron chi connectivity index (χ1n) is 8.35. The van der Waals surface area contributed by atoms with Gasteiger partial charge in [-0.3, -0.25) is 14.5 Å². The molecule has 0 fully saturated rings. The predicted molar refractivity (Wildman–Crippen MR) is 99.2 cm³/mol. The van der Waals surface area contributed by atoms with Gasteiger partial charge in [-0.25, -0.2) is 4.39 Å². The molecule has 0 radical (unpaired) electrons. The molecule has 5 nitrogen and oxygen atoms in total. The summed E-state index contributed by atoms with van der Waals surface area (Å²) in [6.45, 7) is 6.82. The first-order valence-corrected chi connectivity index (χ1v) is 8.73. The third kappa shape index (κ3) is 3.25. The van der Waals surface area contributed by atoms with E-state index in [1.54, 1.807) is 39.8 Å². The lowest BCUT2D eigenvalue weighted by Gasteiger charge is -2.27. The molecular formula is C20H19ClFNO4. The molecule has 0 aliphatic carbocycles. The first-order chi connectivity index (χ1) is 12.5. The molecular weight excluding hydrogens is 373 g/mol. The third-order valence-corrected chi connectivity index (χ3v) is 4.64. The second-order valence-corrected chi connectivity index (χ2v) is 7.87. The molecule has 1 aliphatic heterocycles. The maximum Gasteiger partial charge on any atom is 0.294 e. The van der Waals surface area contributed by atoms with E-state index in [1.165, 1.54) is 17.0 Å². The van der Waals surface area contributed by atoms with Gasteiger partial charge >= 0.3 is 0 Å². The number of aliphatic hydroxyl groups is 1. The number of furan rings is 1. The van der Waals surface area contributed by atoms with Crippen molar-refractivity contribution in [2.24, 2.45) is 5.41 Å². The Hall–Kier alpha value is -2.60. The Morgan fingerprint density at radius 1 is 1.26 bits per heavy atom. The zero-order valence-electron chi connectivity index (χ0n) is 15.3. The van der Waals surface area contributed by atoms with E-state index in [-0.39, 0.29) is 22.1 Å². The van der Waals surface area contributed by atoms with E-state index >= 15 is 0 Å². The maximum absolute atomic E-state index is 13.6. The van der Waals surface area contributed by atoms with Crippen molar-refractivity contribution in [3.63, 3.8) is 0 Å². The molecule has 2 heterocycles. The summed E-state index contributed by atoms with van der Waals surface area (Å²) in [4.78, 5) is 27.0. The van der Waals surface area contributed by atoms with Gasteiger partial charge in [0.25, 0.3) is 5.91 Å². The van der Waals surface area contributed by atoms with Crippen molar-refractivity contribution in [2.45, 2.75) is 33.7 Å². The van der Waals surface area contributed by atoms with E-state index in [1.807, 2.05) is 0 Å². The highest BCUT2D eigenvalue weighted by Crippen LogP contribution is 2.44. The number of rotatable bonds is 3. The summed E-state index contributed by atoms with van der Waals surface area (Å²) in [5, 5.41) is 10.3. The van der Waals surface area contributed by atoms with Crippen molar-refractivity contribution in [3.05, 3.63) is 64.0 Å². The lowest BCUT2D eigenvalue weighted by molar-refractivity contribution is -0.123. The van der Waals surface area contributed by atoms with Crippen LogP contribution in [0.15, 0.2) is 46.1 Å². The van der Waals surface area contributed by atoms with Crippen LogP contribution in [0.3, 0.4) is 0 Å². The zero-order valence-corrected chi connectivity index (χ0v) is 16.1. The van der Waals surface area contributed by atoms with Gasteiger partial charge in [-0.15, -0.1) is 0 Å². The van der Waals surface area contributed by atoms with Crippen molar-refractivity contribution in [1.29, 1.82) is 0 Å². The molecule has 2 aromatic rings. The zero-order chi connectivity index (χ0) is 20.1. The van der Waals surface area contributed by atoms with Gasteiger partial charge in [0.1, 0.15) is 23.4 Å². The quantitative estimate of drug-likeness (QED) is 0.808. The van der Waals surface area contributed by atoms with Crippen LogP contribution in [0.4, 0.5) is 10.1 Å². The highest BCUT2D eigenvalue weighted by Gasteiger charge is 2.48. The Kier molecular flexibility index (Phi) is 4.64. The summed E-state index contributed by atoms with van der Waals surface area (Å²) in [5.74, 6) is -1.54. The fourth-order valence-electron chi connectivity index (χ4n) is 3.01. The number of hydrogen-bond acceptors (Lipinski definition) is 4. The van der Waals surface area contributed by atoms with Crippen LogP contribution in [0.25, 0.3) is 0 Å². The summed E-state index contributed by atoms with van der Waals surface area (Å²) in [6.07, 6.45) is 0. The van der Waals surface area contributed by atoms with E-state index in [4.69, 9.17) is 16.0 Å². The van der Waals surface area contributed by atoms with Crippen LogP contribution >= 0.6 is 11.6 Å². The number of nitrogens with zero attached hydrogens (tertiary/aromatic N) is 1. The number of amides is 1. The molecule has 1 amide bonds. The van der Waals surface area contributed by atoms with Crippen molar-refractivity contribution in [2.75, 3.05) is 4.90 Å². The molecule has 142 valence electrons. The minimum absolute atomic E-state index is 0.0534. The van der Waals surface area contributed by atoms with Crippen LogP contribution in [0, 0.1) is 18.2 Å². The number of Topliss-reactive ketones (excluding diaryl/α,β-unsaturated/α-hetero) is 1. The second kappa shape index (κ2) is 6.53. The van der Waals surface area contributed by atoms with Crippen LogP contribution in [0.2, 0.25) is 5.02 Å². The van der Waals surface area contributed by atoms with Crippen LogP contribution in [0.5, 0.6) is 0 Å². The van der Waals surface area contributed by atoms with Gasteiger partial charge in [-0.2, -0.15) is 0 Å². The summed E-state index contributed by atoms with van der Waals surface area (Å²) < 4.78 is 19.2. The normalized spacial score (nSPS) is 17.8. The van der Waals surface area contributed by atoms with Crippen molar-refractivity contribution in [3.8, 4) is 0 Å². The van der Waals surface area contributed by atoms with E-state index in [9.17, 15) is 19.1 Å². The number of benzene rings is 1. The van der Waals surface area contributed by atoms with Gasteiger partial charge in [0, 0.05) is 11.1 Å². The Balaban J connectivity index is 2.20. The Bertz CT molecular complexity index is 971. The molecule has 3 rings (SSSR count). The van der Waals surface area contributed by atoms with Crippen molar-refractivity contribution in [1.82, 2.24) is 0 Å². The second-order valence-electron chi connectivity index (χ2n) is 7.47. The lowest BCUT2D eigenvalue weighted by atomic mass is 9.83. The van der Waals surface area contributed by atoms with Crippen LogP contribution in [0.1, 0.15) is 38.3 Å². The van der Waals surface area contributed by atoms with Crippen LogP contribution in [-0.2, 0) is 9.59 Å². The molecule has 0 saturated heterocycles. The Morgan fingerprint density at radius 2 is 1.93 bits per heavy atom. The Labute approximate surface area is 161 Å². The molecule has 1 unspecified atom stereocenters. The van der Waals surface area contributed by atoms with Gasteiger partial charge in [-0.05, 0) is 37.3 Å². The average Bonchev–Trinajstić information content (AvgIpc) is 3.11. The van der Waals surface area contributed by atoms with Crippen LogP contribution < -0.4 is 4.90 Å². The van der Waals surface area contributed by atoms with Gasteiger partial charge in [-0.1, -0.05) is 32.4 Å². The molecule has 0 bridgehead atoms. The number of hydrogen-bond donors (Lipinski definition) is 1. The number of halogens is 2. The van der Waals surface area contributed by atoms with E-state index in [0.29, 0.717) is 11.5 Å². The Morgan fingerprint density at radius 3 is 2.44 bits per heavy atom. The molecule has 1 aliphatic rings. The topological polar surface area (TPSA) is 70.8 Å². The molecule has 1 N–H and O–H groups in total. The number of aliphatic hydroxyl groups excluding tert-OH is 1. The predicted octanol–water partition coefficient (Wildman–Crippen LogP) is 4.90. The highest BCUT2D eigenvalue weighted by molar-refractivity contribution is 6.31. The van der Waals surface area contributed by atoms with Crippen molar-refractivity contribution >= 4 is 29.0 Å². The number of anilines is 1. The minimum atomic E-state index is -0.973. The van der Waals surface area contributed by atoms with Gasteiger partial charge < -0.3 is 9.52 Å². The van der Waals surface area contributed by atoms with Gasteiger partial charge in [0.2, 0.25) is 0 Å². The smallest absolute Gasteiger partial charge is 0.294 e. The number of carbonyl (C=O) groups excluding carboxylic acids is 2. The maximum atomic E-state index is 13.6. The molecule has 27 heavy (non-hydrogen) atoms. The summed E-state index contributed by atoms with van der Waals surface area (Å²) >= 11 is 5.87. The number of carbonyl (C=O) groups is 2. The molecule has 0 saturated carbocycles. The minimum Gasteiger partial charge on any atom is -0.503 e. The van der Waals surface area contributed by atoms with E-state index < -0.39 is 28.9 Å². The largest absolute Gasteiger partial charge is 0.503 e. The number of aryl methyl sites for hydroxylation is 1. The van der Waals surface area contributed by atoms with E-state index in [0.717, 1.165) is 6.07 Å². The SMILES string of the molecule is Cc1ccc(C2C(C(=O)C(C)(C)C)=C(O)C(=O)N2c2ccc(F)c(Cl)c2)o1. The molecule has 1 atom stereocenters. The molecule has 1 aromatic carbocycles. The number of ketones is 1. The molecule has 0 spiro atoms. The highest BCUT2D eigenvalue weighted by atomic mass is 35.5. The third-order valence-electron chi connectivity index (χ3n) is 4.35. The fourth-order valence-corrected chi connectivity index (χ4v) is 3.19. The van der Waals surface area contributed by atoms with Gasteiger partial charge in [0.15, 0.2) is 11.5 Å². The first kappa shape index (κ1) is 19.2. The summed E-state index contributed by atoms with van der Waals surface area (Å²) in [5.41, 5.74) is -0.643. The van der Waals surface area contributed by atoms with E-state index in [2.05, 4.69) is 0 Å². The fraction of sp³-hybridized carbons (Fsp3) is 0.300. The monoisotopic (exact) mass is 391 g/mol. The molecule has 7 heteroatoms. The standard InChI is InChI=1S/C20H19ClFNO4/c1-10-5-8-14(27-10)16-15(18(25)20(2,3)4)17(24)19(26)23(16)11-6-7-13(22)12(21)9-11/h5-9,16,24H,1-4H3. The average molecular weight is 392 g/mol. The lowest BCUT2D eigenvalue weighted by Crippen LogP contribution is -2.32. The molecule has 1 aromatic heterocycles. The van der Waals surface area contributed by atoms with Gasteiger partial charge in [0.05, 0.1) is 10.6 Å². The summed E-state index contributed by atoms with van der Waals surface area (Å²) in [7, 11) is 0. The van der Waals surface area contributed by atoms with Crippen molar-refractivity contribution < 1.29 is 23.5 Å².